The maximum atomic E-state index is 11.4. The molecule has 82 valence electrons. The first kappa shape index (κ1) is 11.5. The number of carbonyl (C=O) groups excluding carboxylic acids is 1. The first-order valence-electron chi connectivity index (χ1n) is 4.56. The molecule has 1 aromatic heterocycles. The Kier molecular flexibility index (Phi) is 4.05. The lowest BCUT2D eigenvalue weighted by Gasteiger charge is -2.18. The fraction of sp³-hybridized carbons (Fsp3) is 0.400. The molecule has 1 rings (SSSR count). The number of ether oxygens (including phenoxy) is 1. The van der Waals surface area contributed by atoms with E-state index in [-0.39, 0.29) is 6.61 Å². The lowest BCUT2D eigenvalue weighted by molar-refractivity contribution is 0.0601. The van der Waals surface area contributed by atoms with E-state index in [2.05, 4.69) is 9.72 Å². The molecule has 0 amide bonds. The van der Waals surface area contributed by atoms with Crippen molar-refractivity contribution < 1.29 is 14.6 Å². The number of carbonyl (C=O) groups is 1. The topological polar surface area (TPSA) is 62.7 Å². The third-order valence-corrected chi connectivity index (χ3v) is 1.99. The summed E-state index contributed by atoms with van der Waals surface area (Å²) in [6, 6.07) is 3.31. The minimum absolute atomic E-state index is 0.00763. The number of aliphatic hydroxyl groups is 1. The van der Waals surface area contributed by atoms with Crippen LogP contribution in [0.15, 0.2) is 18.3 Å². The highest BCUT2D eigenvalue weighted by molar-refractivity contribution is 5.94. The summed E-state index contributed by atoms with van der Waals surface area (Å²) >= 11 is 0. The molecule has 1 heterocycles. The number of esters is 1. The standard InChI is InChI=1S/C10H14N2O3/c1-12(6-7-13)9-8(10(14)15-2)4-3-5-11-9/h3-5,13H,6-7H2,1-2H3. The smallest absolute Gasteiger partial charge is 0.341 e. The molecule has 0 atom stereocenters. The van der Waals surface area contributed by atoms with E-state index in [0.29, 0.717) is 17.9 Å². The van der Waals surface area contributed by atoms with E-state index in [4.69, 9.17) is 5.11 Å². The third-order valence-electron chi connectivity index (χ3n) is 1.99. The largest absolute Gasteiger partial charge is 0.465 e. The maximum absolute atomic E-state index is 11.4. The maximum Gasteiger partial charge on any atom is 0.341 e. The van der Waals surface area contributed by atoms with Crippen LogP contribution < -0.4 is 4.90 Å². The van der Waals surface area contributed by atoms with Gasteiger partial charge >= 0.3 is 5.97 Å². The van der Waals surface area contributed by atoms with Crippen LogP contribution in [-0.4, -0.2) is 43.4 Å². The van der Waals surface area contributed by atoms with Crippen LogP contribution in [-0.2, 0) is 4.74 Å². The van der Waals surface area contributed by atoms with Crippen molar-refractivity contribution in [3.8, 4) is 0 Å². The normalized spacial score (nSPS) is 9.80. The van der Waals surface area contributed by atoms with Gasteiger partial charge in [0, 0.05) is 19.8 Å². The summed E-state index contributed by atoms with van der Waals surface area (Å²) in [7, 11) is 3.08. The van der Waals surface area contributed by atoms with E-state index in [0.717, 1.165) is 0 Å². The highest BCUT2D eigenvalue weighted by atomic mass is 16.5. The summed E-state index contributed by atoms with van der Waals surface area (Å²) in [6.45, 7) is 0.425. The fourth-order valence-corrected chi connectivity index (χ4v) is 1.23. The van der Waals surface area contributed by atoms with Gasteiger partial charge in [-0.3, -0.25) is 0 Å². The van der Waals surface area contributed by atoms with Gasteiger partial charge in [-0.2, -0.15) is 0 Å². The summed E-state index contributed by atoms with van der Waals surface area (Å²) in [5.74, 6) is 0.0845. The number of hydrogen-bond donors (Lipinski definition) is 1. The Morgan fingerprint density at radius 1 is 1.67 bits per heavy atom. The Bertz CT molecular complexity index is 341. The van der Waals surface area contributed by atoms with E-state index >= 15 is 0 Å². The number of nitrogens with zero attached hydrogens (tertiary/aromatic N) is 2. The number of aromatic nitrogens is 1. The predicted octanol–water partition coefficient (Wildman–Crippen LogP) is 0.297. The summed E-state index contributed by atoms with van der Waals surface area (Å²) in [5, 5.41) is 8.80. The number of likely N-dealkylation sites (N-methyl/N-ethyl adjacent to an activating group) is 1. The number of anilines is 1. The Morgan fingerprint density at radius 3 is 3.00 bits per heavy atom. The van der Waals surface area contributed by atoms with E-state index in [1.807, 2.05) is 0 Å². The Labute approximate surface area is 88.3 Å². The van der Waals surface area contributed by atoms with Crippen molar-refractivity contribution in [3.63, 3.8) is 0 Å². The molecule has 0 spiro atoms. The Hall–Kier alpha value is -1.62. The van der Waals surface area contributed by atoms with Crippen LogP contribution in [0.25, 0.3) is 0 Å². The summed E-state index contributed by atoms with van der Waals surface area (Å²) in [5.41, 5.74) is 0.399. The van der Waals surface area contributed by atoms with Crippen molar-refractivity contribution in [2.24, 2.45) is 0 Å². The molecule has 1 aromatic rings. The first-order chi connectivity index (χ1) is 7.20. The van der Waals surface area contributed by atoms with Gasteiger partial charge in [-0.25, -0.2) is 9.78 Å². The van der Waals surface area contributed by atoms with Gasteiger partial charge in [-0.05, 0) is 12.1 Å². The molecule has 0 aliphatic rings. The van der Waals surface area contributed by atoms with E-state index in [9.17, 15) is 4.79 Å². The molecule has 0 saturated carbocycles. The van der Waals surface area contributed by atoms with Gasteiger partial charge in [-0.15, -0.1) is 0 Å². The van der Waals surface area contributed by atoms with Crippen molar-refractivity contribution in [2.45, 2.75) is 0 Å². The molecule has 0 saturated heterocycles. The molecule has 5 heteroatoms. The zero-order chi connectivity index (χ0) is 11.3. The third kappa shape index (κ3) is 2.66. The van der Waals surface area contributed by atoms with E-state index in [1.165, 1.54) is 7.11 Å². The van der Waals surface area contributed by atoms with Gasteiger partial charge in [0.05, 0.1) is 13.7 Å². The highest BCUT2D eigenvalue weighted by Crippen LogP contribution is 2.15. The molecule has 0 fully saturated rings. The first-order valence-corrected chi connectivity index (χ1v) is 4.56. The highest BCUT2D eigenvalue weighted by Gasteiger charge is 2.14. The zero-order valence-corrected chi connectivity index (χ0v) is 8.80. The average molecular weight is 210 g/mol. The molecule has 0 aliphatic heterocycles. The molecule has 1 N–H and O–H groups in total. The van der Waals surface area contributed by atoms with Crippen LogP contribution in [0.2, 0.25) is 0 Å². The van der Waals surface area contributed by atoms with Gasteiger partial charge in [0.2, 0.25) is 0 Å². The second kappa shape index (κ2) is 5.31. The molecule has 0 aromatic carbocycles. The molecule has 5 nitrogen and oxygen atoms in total. The fourth-order valence-electron chi connectivity index (χ4n) is 1.23. The summed E-state index contributed by atoms with van der Waals surface area (Å²) < 4.78 is 4.64. The number of aliphatic hydroxyl groups excluding tert-OH is 1. The number of rotatable bonds is 4. The molecule has 15 heavy (non-hydrogen) atoms. The Morgan fingerprint density at radius 2 is 2.40 bits per heavy atom. The lowest BCUT2D eigenvalue weighted by Crippen LogP contribution is -2.24. The number of hydrogen-bond acceptors (Lipinski definition) is 5. The van der Waals surface area contributed by atoms with Gasteiger partial charge in [-0.1, -0.05) is 0 Å². The SMILES string of the molecule is COC(=O)c1cccnc1N(C)CCO. The van der Waals surface area contributed by atoms with Crippen LogP contribution in [0.1, 0.15) is 10.4 Å². The van der Waals surface area contributed by atoms with Crippen LogP contribution in [0.4, 0.5) is 5.82 Å². The van der Waals surface area contributed by atoms with E-state index in [1.54, 1.807) is 30.3 Å². The molecular formula is C10H14N2O3. The molecular weight excluding hydrogens is 196 g/mol. The van der Waals surface area contributed by atoms with Gasteiger partial charge in [0.15, 0.2) is 0 Å². The van der Waals surface area contributed by atoms with E-state index < -0.39 is 5.97 Å². The van der Waals surface area contributed by atoms with Crippen LogP contribution in [0, 0.1) is 0 Å². The Balaban J connectivity index is 3.00. The van der Waals surface area contributed by atoms with Crippen molar-refractivity contribution in [1.82, 2.24) is 4.98 Å². The van der Waals surface area contributed by atoms with Crippen LogP contribution >= 0.6 is 0 Å². The second-order valence-electron chi connectivity index (χ2n) is 3.01. The van der Waals surface area contributed by atoms with Crippen molar-refractivity contribution in [3.05, 3.63) is 23.9 Å². The van der Waals surface area contributed by atoms with Crippen LogP contribution in [0.3, 0.4) is 0 Å². The minimum atomic E-state index is -0.428. The second-order valence-corrected chi connectivity index (χ2v) is 3.01. The lowest BCUT2D eigenvalue weighted by atomic mass is 10.2. The monoisotopic (exact) mass is 210 g/mol. The number of pyridine rings is 1. The molecule has 0 aliphatic carbocycles. The van der Waals surface area contributed by atoms with Gasteiger partial charge < -0.3 is 14.7 Å². The van der Waals surface area contributed by atoms with Gasteiger partial charge in [0.25, 0.3) is 0 Å². The molecule has 0 radical (unpaired) electrons. The minimum Gasteiger partial charge on any atom is -0.465 e. The zero-order valence-electron chi connectivity index (χ0n) is 8.80. The average Bonchev–Trinajstić information content (AvgIpc) is 2.28. The number of methoxy groups -OCH3 is 1. The molecule has 0 bridgehead atoms. The summed E-state index contributed by atoms with van der Waals surface area (Å²) in [6.07, 6.45) is 1.59. The van der Waals surface area contributed by atoms with Crippen molar-refractivity contribution in [1.29, 1.82) is 0 Å². The van der Waals surface area contributed by atoms with Crippen molar-refractivity contribution >= 4 is 11.8 Å². The van der Waals surface area contributed by atoms with Gasteiger partial charge in [0.1, 0.15) is 11.4 Å². The predicted molar refractivity (Wildman–Crippen MR) is 55.9 cm³/mol. The molecule has 0 unspecified atom stereocenters. The summed E-state index contributed by atoms with van der Waals surface area (Å²) in [4.78, 5) is 17.2. The quantitative estimate of drug-likeness (QED) is 0.724. The van der Waals surface area contributed by atoms with Crippen LogP contribution in [0.5, 0.6) is 0 Å². The van der Waals surface area contributed by atoms with Crippen molar-refractivity contribution in [2.75, 3.05) is 32.2 Å².